The van der Waals surface area contributed by atoms with Gasteiger partial charge in [0.25, 0.3) is 5.69 Å². The van der Waals surface area contributed by atoms with Gasteiger partial charge in [0, 0.05) is 21.1 Å². The van der Waals surface area contributed by atoms with Gasteiger partial charge in [-0.25, -0.2) is 0 Å². The number of nitrogens with zero attached hydrogens (tertiary/aromatic N) is 1. The van der Waals surface area contributed by atoms with E-state index in [9.17, 15) is 15.2 Å². The Morgan fingerprint density at radius 3 is 2.69 bits per heavy atom. The molecule has 0 saturated heterocycles. The third-order valence-electron chi connectivity index (χ3n) is 2.68. The molecule has 0 heterocycles. The Morgan fingerprint density at radius 2 is 2.19 bits per heavy atom. The molecule has 1 N–H and O–H groups in total. The zero-order valence-electron chi connectivity index (χ0n) is 9.18. The number of benzene rings is 1. The zero-order valence-corrected chi connectivity index (χ0v) is 11.3. The van der Waals surface area contributed by atoms with E-state index in [1.807, 2.05) is 42.5 Å². The average molecular weight is 335 g/mol. The van der Waals surface area contributed by atoms with Crippen molar-refractivity contribution in [1.29, 1.82) is 0 Å². The molecule has 2 atom stereocenters. The second-order valence-corrected chi connectivity index (χ2v) is 4.97. The maximum Gasteiger partial charge on any atom is 0.274 e. The molecule has 0 fully saturated rings. The number of aliphatic hydroxyl groups excluding tert-OH is 1. The first kappa shape index (κ1) is 13.4. The van der Waals surface area contributed by atoms with Crippen molar-refractivity contribution < 1.29 is 10.0 Å². The van der Waals surface area contributed by atoms with Gasteiger partial charge in [0.05, 0.1) is 11.0 Å². The smallest absolute Gasteiger partial charge is 0.274 e. The van der Waals surface area contributed by atoms with Crippen LogP contribution in [-0.4, -0.2) is 16.1 Å². The quantitative estimate of drug-likeness (QED) is 0.523. The molecular formula is C11H14INO3. The monoisotopic (exact) mass is 335 g/mol. The van der Waals surface area contributed by atoms with Gasteiger partial charge in [-0.3, -0.25) is 10.1 Å². The van der Waals surface area contributed by atoms with Crippen molar-refractivity contribution in [3.05, 3.63) is 37.4 Å². The predicted molar refractivity (Wildman–Crippen MR) is 70.5 cm³/mol. The molecule has 0 aliphatic carbocycles. The molecule has 0 spiro atoms. The van der Waals surface area contributed by atoms with Crippen LogP contribution in [0.25, 0.3) is 0 Å². The van der Waals surface area contributed by atoms with Gasteiger partial charge in [-0.1, -0.05) is 19.9 Å². The summed E-state index contributed by atoms with van der Waals surface area (Å²) < 4.78 is 0.825. The Labute approximate surface area is 108 Å². The van der Waals surface area contributed by atoms with Gasteiger partial charge >= 0.3 is 0 Å². The Bertz CT molecular complexity index is 395. The molecule has 1 aromatic carbocycles. The van der Waals surface area contributed by atoms with Crippen molar-refractivity contribution >= 4 is 28.3 Å². The third kappa shape index (κ3) is 2.91. The number of nitro benzene ring substituents is 1. The largest absolute Gasteiger partial charge is 0.393 e. The number of halogens is 1. The first-order valence-corrected chi connectivity index (χ1v) is 6.17. The lowest BCUT2D eigenvalue weighted by atomic mass is 9.92. The summed E-state index contributed by atoms with van der Waals surface area (Å²) in [6.45, 7) is 3.67. The predicted octanol–water partition coefficient (Wildman–Crippen LogP) is 3.07. The fraction of sp³-hybridized carbons (Fsp3) is 0.455. The molecule has 88 valence electrons. The average Bonchev–Trinajstić information content (AvgIpc) is 2.26. The summed E-state index contributed by atoms with van der Waals surface area (Å²) >= 11 is 2.04. The molecule has 16 heavy (non-hydrogen) atoms. The fourth-order valence-corrected chi connectivity index (χ4v) is 2.10. The Balaban J connectivity index is 3.17. The van der Waals surface area contributed by atoms with Gasteiger partial charge in [0.1, 0.15) is 0 Å². The minimum Gasteiger partial charge on any atom is -0.393 e. The maximum absolute atomic E-state index is 10.9. The second-order valence-electron chi connectivity index (χ2n) is 3.72. The van der Waals surface area contributed by atoms with E-state index in [0.29, 0.717) is 12.0 Å². The van der Waals surface area contributed by atoms with Crippen molar-refractivity contribution in [3.8, 4) is 0 Å². The molecule has 5 heteroatoms. The molecule has 4 nitrogen and oxygen atoms in total. The summed E-state index contributed by atoms with van der Waals surface area (Å²) in [7, 11) is 0. The fourth-order valence-electron chi connectivity index (χ4n) is 1.62. The molecule has 1 aromatic rings. The molecule has 0 saturated carbocycles. The number of aliphatic hydroxyl groups is 1. The van der Waals surface area contributed by atoms with Crippen molar-refractivity contribution in [2.24, 2.45) is 0 Å². The number of hydrogen-bond acceptors (Lipinski definition) is 3. The molecule has 0 bridgehead atoms. The van der Waals surface area contributed by atoms with Crippen molar-refractivity contribution in [3.63, 3.8) is 0 Å². The summed E-state index contributed by atoms with van der Waals surface area (Å²) in [6, 6.07) is 5.08. The highest BCUT2D eigenvalue weighted by molar-refractivity contribution is 14.1. The van der Waals surface area contributed by atoms with Crippen LogP contribution in [0.15, 0.2) is 18.2 Å². The maximum atomic E-state index is 10.9. The minimum absolute atomic E-state index is 0.0897. The molecular weight excluding hydrogens is 321 g/mol. The van der Waals surface area contributed by atoms with Gasteiger partial charge in [-0.2, -0.15) is 0 Å². The van der Waals surface area contributed by atoms with Crippen LogP contribution >= 0.6 is 22.6 Å². The molecule has 0 aromatic heterocycles. The van der Waals surface area contributed by atoms with E-state index in [1.165, 1.54) is 6.07 Å². The van der Waals surface area contributed by atoms with E-state index in [0.717, 1.165) is 3.57 Å². The third-order valence-corrected chi connectivity index (χ3v) is 3.35. The zero-order chi connectivity index (χ0) is 12.3. The van der Waals surface area contributed by atoms with Crippen LogP contribution in [0.4, 0.5) is 5.69 Å². The molecule has 0 aliphatic heterocycles. The first-order chi connectivity index (χ1) is 7.47. The normalized spacial score (nSPS) is 14.5. The summed E-state index contributed by atoms with van der Waals surface area (Å²) in [5.41, 5.74) is 0.687. The highest BCUT2D eigenvalue weighted by Gasteiger charge is 2.23. The summed E-state index contributed by atoms with van der Waals surface area (Å²) in [6.07, 6.45) is 0.0448. The minimum atomic E-state index is -0.543. The van der Waals surface area contributed by atoms with Gasteiger partial charge in [0.2, 0.25) is 0 Å². The van der Waals surface area contributed by atoms with Gasteiger partial charge in [-0.15, -0.1) is 0 Å². The topological polar surface area (TPSA) is 63.4 Å². The summed E-state index contributed by atoms with van der Waals surface area (Å²) in [4.78, 5) is 10.5. The molecule has 1 rings (SSSR count). The van der Waals surface area contributed by atoms with E-state index in [4.69, 9.17) is 0 Å². The van der Waals surface area contributed by atoms with Gasteiger partial charge in [-0.05, 0) is 35.1 Å². The van der Waals surface area contributed by atoms with Crippen molar-refractivity contribution in [2.45, 2.75) is 32.3 Å². The molecule has 2 unspecified atom stereocenters. The van der Waals surface area contributed by atoms with Crippen molar-refractivity contribution in [2.75, 3.05) is 0 Å². The summed E-state index contributed by atoms with van der Waals surface area (Å²) in [5.74, 6) is -0.220. The standard InChI is InChI=1S/C11H14INO3/c1-3-11(14)7(2)9-5-4-8(12)6-10(9)13(15)16/h4-7,11,14H,3H2,1-2H3. The van der Waals surface area contributed by atoms with E-state index in [2.05, 4.69) is 0 Å². The molecule has 0 radical (unpaired) electrons. The molecule has 0 amide bonds. The Hall–Kier alpha value is -0.690. The van der Waals surface area contributed by atoms with Crippen LogP contribution in [0.1, 0.15) is 31.7 Å². The lowest BCUT2D eigenvalue weighted by molar-refractivity contribution is -0.385. The van der Waals surface area contributed by atoms with E-state index < -0.39 is 11.0 Å². The van der Waals surface area contributed by atoms with E-state index in [1.54, 1.807) is 6.07 Å². The molecule has 0 aliphatic rings. The van der Waals surface area contributed by atoms with Crippen LogP contribution in [0.5, 0.6) is 0 Å². The number of hydrogen-bond donors (Lipinski definition) is 1. The summed E-state index contributed by atoms with van der Waals surface area (Å²) in [5, 5.41) is 20.6. The van der Waals surface area contributed by atoms with E-state index >= 15 is 0 Å². The Morgan fingerprint density at radius 1 is 1.56 bits per heavy atom. The highest BCUT2D eigenvalue weighted by atomic mass is 127. The van der Waals surface area contributed by atoms with Gasteiger partial charge in [0.15, 0.2) is 0 Å². The SMILES string of the molecule is CCC(O)C(C)c1ccc(I)cc1[N+](=O)[O-]. The lowest BCUT2D eigenvalue weighted by Gasteiger charge is -2.17. The highest BCUT2D eigenvalue weighted by Crippen LogP contribution is 2.30. The number of nitro groups is 1. The second kappa shape index (κ2) is 5.58. The first-order valence-electron chi connectivity index (χ1n) is 5.09. The van der Waals surface area contributed by atoms with Crippen LogP contribution in [-0.2, 0) is 0 Å². The van der Waals surface area contributed by atoms with E-state index in [-0.39, 0.29) is 11.6 Å². The van der Waals surface area contributed by atoms with Crippen LogP contribution in [0, 0.1) is 13.7 Å². The lowest BCUT2D eigenvalue weighted by Crippen LogP contribution is -2.15. The van der Waals surface area contributed by atoms with Crippen molar-refractivity contribution in [1.82, 2.24) is 0 Å². The van der Waals surface area contributed by atoms with Crippen LogP contribution < -0.4 is 0 Å². The van der Waals surface area contributed by atoms with Gasteiger partial charge < -0.3 is 5.11 Å². The Kier molecular flexibility index (Phi) is 4.67. The number of rotatable bonds is 4. The van der Waals surface area contributed by atoms with Crippen LogP contribution in [0.2, 0.25) is 0 Å². The van der Waals surface area contributed by atoms with Crippen LogP contribution in [0.3, 0.4) is 0 Å².